The van der Waals surface area contributed by atoms with Gasteiger partial charge in [-0.25, -0.2) is 0 Å². The Morgan fingerprint density at radius 2 is 2.25 bits per heavy atom. The van der Waals surface area contributed by atoms with Crippen molar-refractivity contribution in [1.29, 1.82) is 0 Å². The van der Waals surface area contributed by atoms with E-state index in [1.807, 2.05) is 18.3 Å². The molecule has 2 saturated carbocycles. The van der Waals surface area contributed by atoms with E-state index in [1.165, 1.54) is 37.2 Å². The van der Waals surface area contributed by atoms with Crippen LogP contribution in [0.4, 0.5) is 10.8 Å². The summed E-state index contributed by atoms with van der Waals surface area (Å²) < 4.78 is 4.30. The number of anilines is 2. The largest absolute Gasteiger partial charge is 0.382 e. The molecule has 104 valence electrons. The second-order valence-corrected chi connectivity index (χ2v) is 6.78. The maximum absolute atomic E-state index is 6.03. The quantitative estimate of drug-likeness (QED) is 0.884. The lowest BCUT2D eigenvalue weighted by Gasteiger charge is -2.15. The first-order valence-corrected chi connectivity index (χ1v) is 7.95. The minimum Gasteiger partial charge on any atom is -0.382 e. The van der Waals surface area contributed by atoms with E-state index in [4.69, 9.17) is 5.73 Å². The van der Waals surface area contributed by atoms with Crippen molar-refractivity contribution in [2.24, 2.45) is 11.3 Å². The van der Waals surface area contributed by atoms with Crippen LogP contribution in [-0.4, -0.2) is 15.9 Å². The minimum absolute atomic E-state index is 0.574. The van der Waals surface area contributed by atoms with Crippen LogP contribution in [-0.2, 0) is 0 Å². The zero-order chi connectivity index (χ0) is 13.6. The first kappa shape index (κ1) is 12.1. The van der Waals surface area contributed by atoms with Crippen LogP contribution in [0, 0.1) is 11.3 Å². The minimum atomic E-state index is 0.574. The summed E-state index contributed by atoms with van der Waals surface area (Å²) in [7, 11) is 0. The molecule has 4 nitrogen and oxygen atoms in total. The molecule has 0 saturated heterocycles. The van der Waals surface area contributed by atoms with Crippen molar-refractivity contribution in [1.82, 2.24) is 9.36 Å². The zero-order valence-corrected chi connectivity index (χ0v) is 12.1. The number of nitrogen functional groups attached to an aromatic ring is 1. The molecule has 5 heteroatoms. The molecule has 20 heavy (non-hydrogen) atoms. The summed E-state index contributed by atoms with van der Waals surface area (Å²) >= 11 is 1.46. The summed E-state index contributed by atoms with van der Waals surface area (Å²) in [5, 5.41) is 4.69. The molecule has 0 bridgehead atoms. The Morgan fingerprint density at radius 1 is 1.40 bits per heavy atom. The molecule has 0 amide bonds. The zero-order valence-electron chi connectivity index (χ0n) is 11.3. The Hall–Kier alpha value is -1.62. The third-order valence-electron chi connectivity index (χ3n) is 4.61. The van der Waals surface area contributed by atoms with E-state index in [1.54, 1.807) is 6.20 Å². The summed E-state index contributed by atoms with van der Waals surface area (Å²) in [4.78, 5) is 4.18. The molecule has 2 heterocycles. The number of hydrogen-bond donors (Lipinski definition) is 2. The predicted molar refractivity (Wildman–Crippen MR) is 82.6 cm³/mol. The van der Waals surface area contributed by atoms with Crippen LogP contribution in [0.3, 0.4) is 0 Å². The molecule has 0 spiro atoms. The van der Waals surface area contributed by atoms with Crippen molar-refractivity contribution in [2.45, 2.75) is 25.7 Å². The molecule has 3 N–H and O–H groups in total. The average Bonchev–Trinajstić information content (AvgIpc) is 3.36. The van der Waals surface area contributed by atoms with E-state index in [0.29, 0.717) is 11.2 Å². The number of rotatable bonds is 5. The van der Waals surface area contributed by atoms with Crippen LogP contribution in [0.15, 0.2) is 24.5 Å². The third-order valence-corrected chi connectivity index (χ3v) is 5.42. The molecule has 0 aliphatic heterocycles. The summed E-state index contributed by atoms with van der Waals surface area (Å²) in [5.74, 6) is 1.56. The Morgan fingerprint density at radius 3 is 2.90 bits per heavy atom. The van der Waals surface area contributed by atoms with E-state index >= 15 is 0 Å². The van der Waals surface area contributed by atoms with E-state index in [-0.39, 0.29) is 0 Å². The molecular formula is C15H18N4S. The van der Waals surface area contributed by atoms with Crippen LogP contribution in [0.1, 0.15) is 25.7 Å². The maximum atomic E-state index is 6.03. The fourth-order valence-corrected chi connectivity index (χ4v) is 3.79. The normalized spacial score (nSPS) is 19.8. The molecule has 0 aromatic carbocycles. The van der Waals surface area contributed by atoms with Gasteiger partial charge in [-0.2, -0.15) is 4.37 Å². The van der Waals surface area contributed by atoms with Gasteiger partial charge in [0.25, 0.3) is 0 Å². The number of hydrogen-bond acceptors (Lipinski definition) is 5. The first-order valence-electron chi connectivity index (χ1n) is 7.18. The Bertz CT molecular complexity index is 614. The topological polar surface area (TPSA) is 63.8 Å². The highest BCUT2D eigenvalue weighted by Crippen LogP contribution is 2.61. The third kappa shape index (κ3) is 2.06. The van der Waals surface area contributed by atoms with Crippen LogP contribution in [0.5, 0.6) is 0 Å². The predicted octanol–water partition coefficient (Wildman–Crippen LogP) is 3.39. The fourth-order valence-electron chi connectivity index (χ4n) is 3.05. The van der Waals surface area contributed by atoms with E-state index in [0.717, 1.165) is 28.6 Å². The summed E-state index contributed by atoms with van der Waals surface area (Å²) in [5.41, 5.74) is 8.65. The van der Waals surface area contributed by atoms with Gasteiger partial charge in [0.1, 0.15) is 10.8 Å². The van der Waals surface area contributed by atoms with Crippen molar-refractivity contribution < 1.29 is 0 Å². The fraction of sp³-hybridized carbons (Fsp3) is 0.467. The molecule has 2 aliphatic carbocycles. The van der Waals surface area contributed by atoms with Crippen LogP contribution in [0.25, 0.3) is 11.1 Å². The van der Waals surface area contributed by atoms with Crippen molar-refractivity contribution in [2.75, 3.05) is 17.6 Å². The van der Waals surface area contributed by atoms with Crippen LogP contribution in [0.2, 0.25) is 0 Å². The number of nitrogens with two attached hydrogens (primary N) is 1. The van der Waals surface area contributed by atoms with Crippen LogP contribution < -0.4 is 11.1 Å². The van der Waals surface area contributed by atoms with E-state index in [9.17, 15) is 0 Å². The monoisotopic (exact) mass is 286 g/mol. The highest BCUT2D eigenvalue weighted by Gasteiger charge is 2.53. The number of aromatic nitrogens is 2. The van der Waals surface area contributed by atoms with Gasteiger partial charge in [0.05, 0.1) is 5.56 Å². The van der Waals surface area contributed by atoms with E-state index in [2.05, 4.69) is 14.7 Å². The van der Waals surface area contributed by atoms with Gasteiger partial charge in [-0.15, -0.1) is 0 Å². The number of pyridine rings is 1. The van der Waals surface area contributed by atoms with Crippen molar-refractivity contribution in [3.63, 3.8) is 0 Å². The van der Waals surface area contributed by atoms with Crippen molar-refractivity contribution in [3.05, 3.63) is 24.5 Å². The molecule has 2 aromatic rings. The van der Waals surface area contributed by atoms with Gasteiger partial charge in [0.15, 0.2) is 0 Å². The number of nitrogens with one attached hydrogen (secondary N) is 1. The lowest BCUT2D eigenvalue weighted by atomic mass is 10.0. The first-order chi connectivity index (χ1) is 9.78. The smallest absolute Gasteiger partial charge is 0.147 e. The van der Waals surface area contributed by atoms with Gasteiger partial charge < -0.3 is 11.1 Å². The molecule has 2 aliphatic rings. The molecule has 4 rings (SSSR count). The summed E-state index contributed by atoms with van der Waals surface area (Å²) in [6, 6.07) is 3.97. The molecule has 0 unspecified atom stereocenters. The maximum Gasteiger partial charge on any atom is 0.147 e. The van der Waals surface area contributed by atoms with Gasteiger partial charge in [-0.3, -0.25) is 4.98 Å². The van der Waals surface area contributed by atoms with Crippen LogP contribution >= 0.6 is 11.5 Å². The molecule has 2 fully saturated rings. The van der Waals surface area contributed by atoms with Crippen molar-refractivity contribution in [3.8, 4) is 11.1 Å². The van der Waals surface area contributed by atoms with Gasteiger partial charge in [-0.05, 0) is 54.6 Å². The highest BCUT2D eigenvalue weighted by molar-refractivity contribution is 7.11. The van der Waals surface area contributed by atoms with Gasteiger partial charge in [0.2, 0.25) is 0 Å². The second-order valence-electron chi connectivity index (χ2n) is 6.00. The highest BCUT2D eigenvalue weighted by atomic mass is 32.1. The van der Waals surface area contributed by atoms with Gasteiger partial charge >= 0.3 is 0 Å². The summed E-state index contributed by atoms with van der Waals surface area (Å²) in [6.45, 7) is 1.06. The lowest BCUT2D eigenvalue weighted by molar-refractivity contribution is 0.467. The van der Waals surface area contributed by atoms with Gasteiger partial charge in [0, 0.05) is 24.5 Å². The Balaban J connectivity index is 1.56. The molecule has 2 aromatic heterocycles. The number of nitrogens with zero attached hydrogens (tertiary/aromatic N) is 2. The molecule has 0 atom stereocenters. The summed E-state index contributed by atoms with van der Waals surface area (Å²) in [6.07, 6.45) is 9.21. The second kappa shape index (κ2) is 4.45. The average molecular weight is 286 g/mol. The SMILES string of the molecule is Nc1nsc(NCC2(C3CC3)CC2)c1-c1cccnc1. The lowest BCUT2D eigenvalue weighted by Crippen LogP contribution is -2.17. The standard InChI is InChI=1S/C15H18N4S/c16-13-12(10-2-1-7-17-8-10)14(20-19-13)18-9-15(5-6-15)11-3-4-11/h1-2,7-8,11,18H,3-6,9H2,(H2,16,19). The molecular weight excluding hydrogens is 268 g/mol. The van der Waals surface area contributed by atoms with Crippen molar-refractivity contribution >= 4 is 22.4 Å². The van der Waals surface area contributed by atoms with E-state index < -0.39 is 0 Å². The Labute approximate surface area is 122 Å². The van der Waals surface area contributed by atoms with Gasteiger partial charge in [-0.1, -0.05) is 6.07 Å². The Kier molecular flexibility index (Phi) is 2.70. The molecule has 0 radical (unpaired) electrons.